The van der Waals surface area contributed by atoms with Gasteiger partial charge in [-0.3, -0.25) is 13.9 Å². The Balaban J connectivity index is 1.83. The Hall–Kier alpha value is -4.05. The first kappa shape index (κ1) is 35.8. The monoisotopic (exact) mass is 695 g/mol. The molecule has 0 spiro atoms. The molecule has 1 atom stereocenters. The van der Waals surface area contributed by atoms with Gasteiger partial charge < -0.3 is 15.0 Å². The number of sulfonamides is 1. The zero-order chi connectivity index (χ0) is 34.4. The second kappa shape index (κ2) is 15.2. The number of rotatable bonds is 12. The van der Waals surface area contributed by atoms with E-state index >= 15 is 0 Å². The lowest BCUT2D eigenvalue weighted by Gasteiger charge is -2.35. The minimum absolute atomic E-state index is 0.0194. The molecule has 4 aromatic rings. The lowest BCUT2D eigenvalue weighted by molar-refractivity contribution is -0.140. The number of halogens is 2. The van der Waals surface area contributed by atoms with Gasteiger partial charge in [0, 0.05) is 18.5 Å². The maximum absolute atomic E-state index is 14.6. The fourth-order valence-electron chi connectivity index (χ4n) is 4.96. The van der Waals surface area contributed by atoms with Crippen LogP contribution in [0.25, 0.3) is 0 Å². The first-order valence-corrected chi connectivity index (χ1v) is 17.2. The van der Waals surface area contributed by atoms with Crippen LogP contribution >= 0.6 is 23.2 Å². The first-order chi connectivity index (χ1) is 22.2. The van der Waals surface area contributed by atoms with Crippen molar-refractivity contribution in [2.75, 3.05) is 18.0 Å². The van der Waals surface area contributed by atoms with Crippen LogP contribution in [-0.2, 0) is 32.6 Å². The van der Waals surface area contributed by atoms with Crippen molar-refractivity contribution in [3.05, 3.63) is 124 Å². The average Bonchev–Trinajstić information content (AvgIpc) is 3.03. The molecule has 11 heteroatoms. The van der Waals surface area contributed by atoms with Crippen molar-refractivity contribution in [1.82, 2.24) is 10.2 Å². The van der Waals surface area contributed by atoms with E-state index < -0.39 is 34.1 Å². The van der Waals surface area contributed by atoms with Gasteiger partial charge >= 0.3 is 0 Å². The van der Waals surface area contributed by atoms with Gasteiger partial charge in [-0.2, -0.15) is 0 Å². The number of amides is 2. The van der Waals surface area contributed by atoms with Crippen molar-refractivity contribution in [3.63, 3.8) is 0 Å². The molecule has 4 aromatic carbocycles. The summed E-state index contributed by atoms with van der Waals surface area (Å²) in [7, 11) is -2.76. The second-order valence-corrected chi connectivity index (χ2v) is 14.9. The van der Waals surface area contributed by atoms with E-state index in [1.807, 2.05) is 58.0 Å². The van der Waals surface area contributed by atoms with Crippen molar-refractivity contribution in [3.8, 4) is 5.75 Å². The molecule has 0 bridgehead atoms. The quantitative estimate of drug-likeness (QED) is 0.171. The Morgan fingerprint density at radius 1 is 0.851 bits per heavy atom. The van der Waals surface area contributed by atoms with Gasteiger partial charge in [0.1, 0.15) is 18.3 Å². The molecule has 0 heterocycles. The van der Waals surface area contributed by atoms with Gasteiger partial charge in [-0.15, -0.1) is 0 Å². The van der Waals surface area contributed by atoms with Crippen LogP contribution in [-0.4, -0.2) is 50.4 Å². The number of anilines is 1. The summed E-state index contributed by atoms with van der Waals surface area (Å²) >= 11 is 12.5. The highest BCUT2D eigenvalue weighted by Crippen LogP contribution is 2.28. The van der Waals surface area contributed by atoms with Crippen molar-refractivity contribution in [1.29, 1.82) is 0 Å². The third kappa shape index (κ3) is 9.50. The normalized spacial score (nSPS) is 12.2. The standard InChI is InChI=1S/C36H39Cl2N3O5S/c1-25-11-14-28(15-12-25)41(47(44,45)30-18-16-29(46-5)17-19-30)24-34(42)40(23-27-13-20-31(37)32(38)21-27)33(35(43)39-36(2,3)4)22-26-9-7-6-8-10-26/h6-21,33H,22-24H2,1-5H3,(H,39,43)/t33-/m1/s1. The molecule has 0 aliphatic heterocycles. The molecule has 0 aromatic heterocycles. The van der Waals surface area contributed by atoms with Gasteiger partial charge in [-0.05, 0) is 87.4 Å². The number of hydrogen-bond donors (Lipinski definition) is 1. The van der Waals surface area contributed by atoms with Crippen LogP contribution in [0.3, 0.4) is 0 Å². The molecule has 0 radical (unpaired) electrons. The molecule has 0 fully saturated rings. The number of carbonyl (C=O) groups is 2. The van der Waals surface area contributed by atoms with Crippen LogP contribution in [0.2, 0.25) is 10.0 Å². The molecular weight excluding hydrogens is 657 g/mol. The highest BCUT2D eigenvalue weighted by molar-refractivity contribution is 7.92. The van der Waals surface area contributed by atoms with E-state index in [2.05, 4.69) is 5.32 Å². The van der Waals surface area contributed by atoms with Crippen molar-refractivity contribution in [2.24, 2.45) is 0 Å². The largest absolute Gasteiger partial charge is 0.497 e. The van der Waals surface area contributed by atoms with Gasteiger partial charge in [0.2, 0.25) is 11.8 Å². The molecule has 0 saturated heterocycles. The zero-order valence-electron chi connectivity index (χ0n) is 27.0. The lowest BCUT2D eigenvalue weighted by atomic mass is 10.0. The van der Waals surface area contributed by atoms with E-state index in [4.69, 9.17) is 27.9 Å². The predicted octanol–water partition coefficient (Wildman–Crippen LogP) is 7.06. The maximum atomic E-state index is 14.6. The smallest absolute Gasteiger partial charge is 0.264 e. The fourth-order valence-corrected chi connectivity index (χ4v) is 6.69. The summed E-state index contributed by atoms with van der Waals surface area (Å²) in [6, 6.07) is 26.2. The second-order valence-electron chi connectivity index (χ2n) is 12.2. The van der Waals surface area contributed by atoms with Crippen LogP contribution in [0.1, 0.15) is 37.5 Å². The fraction of sp³-hybridized carbons (Fsp3) is 0.278. The Morgan fingerprint density at radius 2 is 1.49 bits per heavy atom. The van der Waals surface area contributed by atoms with E-state index in [0.717, 1.165) is 15.4 Å². The summed E-state index contributed by atoms with van der Waals surface area (Å²) < 4.78 is 34.7. The summed E-state index contributed by atoms with van der Waals surface area (Å²) in [4.78, 5) is 30.0. The summed E-state index contributed by atoms with van der Waals surface area (Å²) in [5, 5.41) is 3.65. The SMILES string of the molecule is COc1ccc(S(=O)(=O)N(CC(=O)N(Cc2ccc(Cl)c(Cl)c2)[C@H](Cc2ccccc2)C(=O)NC(C)(C)C)c2ccc(C)cc2)cc1. The summed E-state index contributed by atoms with van der Waals surface area (Å²) in [6.07, 6.45) is 0.186. The number of hydrogen-bond acceptors (Lipinski definition) is 5. The van der Waals surface area contributed by atoms with Crippen molar-refractivity contribution < 1.29 is 22.7 Å². The Kier molecular flexibility index (Phi) is 11.6. The number of methoxy groups -OCH3 is 1. The summed E-state index contributed by atoms with van der Waals surface area (Å²) in [5.41, 5.74) is 2.07. The van der Waals surface area contributed by atoms with Gasteiger partial charge in [0.15, 0.2) is 0 Å². The number of nitrogens with one attached hydrogen (secondary N) is 1. The van der Waals surface area contributed by atoms with E-state index in [-0.39, 0.29) is 23.8 Å². The molecule has 8 nitrogen and oxygen atoms in total. The molecule has 4 rings (SSSR count). The molecule has 0 aliphatic carbocycles. The molecule has 47 heavy (non-hydrogen) atoms. The predicted molar refractivity (Wildman–Crippen MR) is 188 cm³/mol. The number of carbonyl (C=O) groups excluding carboxylic acids is 2. The number of nitrogens with zero attached hydrogens (tertiary/aromatic N) is 2. The lowest BCUT2D eigenvalue weighted by Crippen LogP contribution is -2.56. The van der Waals surface area contributed by atoms with Crippen molar-refractivity contribution in [2.45, 2.75) is 57.1 Å². The minimum Gasteiger partial charge on any atom is -0.497 e. The molecule has 2 amide bonds. The summed E-state index contributed by atoms with van der Waals surface area (Å²) in [6.45, 7) is 6.85. The van der Waals surface area contributed by atoms with E-state index in [1.165, 1.54) is 24.1 Å². The number of aryl methyl sites for hydroxylation is 1. The molecule has 248 valence electrons. The number of benzene rings is 4. The molecular formula is C36H39Cl2N3O5S. The molecule has 1 N–H and O–H groups in total. The van der Waals surface area contributed by atoms with Gasteiger partial charge in [-0.25, -0.2) is 8.42 Å². The van der Waals surface area contributed by atoms with Gasteiger partial charge in [-0.1, -0.05) is 77.3 Å². The van der Waals surface area contributed by atoms with Crippen LogP contribution in [0, 0.1) is 6.92 Å². The van der Waals surface area contributed by atoms with E-state index in [0.29, 0.717) is 27.0 Å². The van der Waals surface area contributed by atoms with Crippen molar-refractivity contribution >= 4 is 50.7 Å². The minimum atomic E-state index is -4.25. The van der Waals surface area contributed by atoms with Crippen LogP contribution < -0.4 is 14.4 Å². The van der Waals surface area contributed by atoms with E-state index in [9.17, 15) is 18.0 Å². The van der Waals surface area contributed by atoms with E-state index in [1.54, 1.807) is 54.6 Å². The summed E-state index contributed by atoms with van der Waals surface area (Å²) in [5.74, 6) is -0.475. The third-order valence-corrected chi connectivity index (χ3v) is 9.88. The van der Waals surface area contributed by atoms with Gasteiger partial charge in [0.05, 0.1) is 27.7 Å². The Morgan fingerprint density at radius 3 is 2.06 bits per heavy atom. The molecule has 0 unspecified atom stereocenters. The highest BCUT2D eigenvalue weighted by atomic mass is 35.5. The van der Waals surface area contributed by atoms with Gasteiger partial charge in [0.25, 0.3) is 10.0 Å². The maximum Gasteiger partial charge on any atom is 0.264 e. The first-order valence-electron chi connectivity index (χ1n) is 15.0. The Labute approximate surface area is 287 Å². The Bertz CT molecular complexity index is 1790. The molecule has 0 aliphatic rings. The zero-order valence-corrected chi connectivity index (χ0v) is 29.4. The number of ether oxygens (including phenoxy) is 1. The van der Waals surface area contributed by atoms with Crippen LogP contribution in [0.15, 0.2) is 102 Å². The van der Waals surface area contributed by atoms with Crippen LogP contribution in [0.5, 0.6) is 5.75 Å². The molecule has 0 saturated carbocycles. The highest BCUT2D eigenvalue weighted by Gasteiger charge is 2.35. The third-order valence-electron chi connectivity index (χ3n) is 7.35. The average molecular weight is 697 g/mol. The topological polar surface area (TPSA) is 96.0 Å². The van der Waals surface area contributed by atoms with Crippen LogP contribution in [0.4, 0.5) is 5.69 Å².